The molecule has 1 unspecified atom stereocenters. The summed E-state index contributed by atoms with van der Waals surface area (Å²) in [4.78, 5) is 5.22. The zero-order chi connectivity index (χ0) is 39.6. The third-order valence-corrected chi connectivity index (χ3v) is 14.9. The van der Waals surface area contributed by atoms with E-state index in [9.17, 15) is 0 Å². The Morgan fingerprint density at radius 3 is 1.60 bits per heavy atom. The van der Waals surface area contributed by atoms with Gasteiger partial charge in [0, 0.05) is 43.2 Å². The van der Waals surface area contributed by atoms with Crippen molar-refractivity contribution in [1.82, 2.24) is 13.9 Å². The molecule has 1 atom stereocenters. The minimum atomic E-state index is -0.717. The summed E-state index contributed by atoms with van der Waals surface area (Å²) in [5.41, 5.74) is 9.62. The lowest BCUT2D eigenvalue weighted by Crippen LogP contribution is -1.98. The number of pyridine rings is 1. The molecule has 13 rings (SSSR count). The van der Waals surface area contributed by atoms with Crippen LogP contribution in [-0.2, 0) is 0 Å². The summed E-state index contributed by atoms with van der Waals surface area (Å²) in [6.45, 7) is 2.24. The van der Waals surface area contributed by atoms with Crippen LogP contribution in [0.3, 0.4) is 0 Å². The van der Waals surface area contributed by atoms with Crippen LogP contribution in [0.4, 0.5) is 0 Å². The molecule has 5 heteroatoms. The molecule has 60 heavy (non-hydrogen) atoms. The van der Waals surface area contributed by atoms with Crippen LogP contribution < -0.4 is 0 Å². The summed E-state index contributed by atoms with van der Waals surface area (Å²) in [7, 11) is -0.717. The van der Waals surface area contributed by atoms with Crippen LogP contribution in [0, 0.1) is 0 Å². The number of nitrogens with zero attached hydrogens (tertiary/aromatic N) is 3. The zero-order valence-corrected chi connectivity index (χ0v) is 34.4. The van der Waals surface area contributed by atoms with Crippen molar-refractivity contribution in [2.45, 2.75) is 0 Å². The van der Waals surface area contributed by atoms with E-state index in [4.69, 9.17) is 4.98 Å². The van der Waals surface area contributed by atoms with Gasteiger partial charge in [0.05, 0.1) is 27.5 Å². The van der Waals surface area contributed by atoms with Crippen LogP contribution >= 0.6 is 19.0 Å². The van der Waals surface area contributed by atoms with Crippen molar-refractivity contribution in [3.63, 3.8) is 0 Å². The van der Waals surface area contributed by atoms with Crippen molar-refractivity contribution in [3.8, 4) is 28.1 Å². The molecule has 4 aromatic heterocycles. The van der Waals surface area contributed by atoms with E-state index in [1.165, 1.54) is 113 Å². The maximum absolute atomic E-state index is 5.22. The lowest BCUT2D eigenvalue weighted by Gasteiger charge is -2.12. The molecule has 0 aliphatic carbocycles. The molecule has 0 fully saturated rings. The highest BCUT2D eigenvalue weighted by Crippen LogP contribution is 2.45. The normalized spacial score (nSPS) is 12.4. The van der Waals surface area contributed by atoms with Gasteiger partial charge in [-0.15, -0.1) is 11.3 Å². The summed E-state index contributed by atoms with van der Waals surface area (Å²) < 4.78 is 7.31. The van der Waals surface area contributed by atoms with Crippen LogP contribution in [0.25, 0.3) is 124 Å². The second kappa shape index (κ2) is 12.7. The van der Waals surface area contributed by atoms with E-state index in [1.54, 1.807) is 0 Å². The molecule has 0 aliphatic heterocycles. The number of thiophene rings is 1. The van der Waals surface area contributed by atoms with Crippen molar-refractivity contribution in [2.24, 2.45) is 0 Å². The Morgan fingerprint density at radius 2 is 0.917 bits per heavy atom. The van der Waals surface area contributed by atoms with Gasteiger partial charge in [-0.25, -0.2) is 4.98 Å². The van der Waals surface area contributed by atoms with E-state index >= 15 is 0 Å². The van der Waals surface area contributed by atoms with Crippen LogP contribution in [0.5, 0.6) is 0 Å². The van der Waals surface area contributed by atoms with Gasteiger partial charge >= 0.3 is 0 Å². The Kier molecular flexibility index (Phi) is 7.16. The SMILES string of the molecule is C=[P+](C)n1c2ccccc2c2ccc3c4ccccc4n(-c4cc5c(cn4)sc4ccc(-c6cccc(-c7ccc8c9ccccc9c9ccccc9c8c7)c6)cc45)c3c21. The molecule has 280 valence electrons. The fourth-order valence-electron chi connectivity index (χ4n) is 10.0. The van der Waals surface area contributed by atoms with Gasteiger partial charge in [-0.1, -0.05) is 133 Å². The van der Waals surface area contributed by atoms with Gasteiger partial charge in [-0.2, -0.15) is 4.34 Å². The molecular weight excluding hydrogens is 766 g/mol. The summed E-state index contributed by atoms with van der Waals surface area (Å²) in [6.07, 6.45) is 6.68. The minimum absolute atomic E-state index is 0.717. The Balaban J connectivity index is 0.982. The van der Waals surface area contributed by atoms with Gasteiger partial charge in [-0.3, -0.25) is 4.57 Å². The van der Waals surface area contributed by atoms with Gasteiger partial charge in [-0.05, 0) is 97.0 Å². The van der Waals surface area contributed by atoms with Crippen molar-refractivity contribution >= 4 is 121 Å². The number of fused-ring (bicyclic) bond motifs is 16. The second-order valence-electron chi connectivity index (χ2n) is 16.0. The third kappa shape index (κ3) is 4.78. The van der Waals surface area contributed by atoms with Gasteiger partial charge in [0.15, 0.2) is 0 Å². The van der Waals surface area contributed by atoms with E-state index in [-0.39, 0.29) is 0 Å². The molecule has 0 radical (unpaired) electrons. The molecule has 0 saturated heterocycles. The first-order chi connectivity index (χ1) is 29.6. The average Bonchev–Trinajstić information content (AvgIpc) is 3.96. The summed E-state index contributed by atoms with van der Waals surface area (Å²) in [6, 6.07) is 65.0. The number of benzene rings is 9. The van der Waals surface area contributed by atoms with Crippen molar-refractivity contribution in [2.75, 3.05) is 6.66 Å². The fraction of sp³-hybridized carbons (Fsp3) is 0.0182. The number of hydrogen-bond donors (Lipinski definition) is 0. The zero-order valence-electron chi connectivity index (χ0n) is 32.7. The van der Waals surface area contributed by atoms with Crippen LogP contribution in [0.2, 0.25) is 0 Å². The van der Waals surface area contributed by atoms with Crippen molar-refractivity contribution in [1.29, 1.82) is 0 Å². The monoisotopic (exact) mass is 800 g/mol. The average molecular weight is 801 g/mol. The summed E-state index contributed by atoms with van der Waals surface area (Å²) in [5, 5.41) is 15.2. The maximum atomic E-state index is 5.22. The molecule has 13 aromatic rings. The van der Waals surface area contributed by atoms with E-state index in [0.717, 1.165) is 11.3 Å². The van der Waals surface area contributed by atoms with Crippen LogP contribution in [-0.4, -0.2) is 26.9 Å². The van der Waals surface area contributed by atoms with E-state index in [1.807, 2.05) is 11.3 Å². The smallest absolute Gasteiger partial charge is 0.205 e. The molecule has 0 aliphatic rings. The molecule has 0 bridgehead atoms. The maximum Gasteiger partial charge on any atom is 0.205 e. The highest BCUT2D eigenvalue weighted by molar-refractivity contribution is 7.53. The largest absolute Gasteiger partial charge is 0.291 e. The molecule has 3 nitrogen and oxygen atoms in total. The highest BCUT2D eigenvalue weighted by Gasteiger charge is 2.24. The Morgan fingerprint density at radius 1 is 0.417 bits per heavy atom. The van der Waals surface area contributed by atoms with E-state index < -0.39 is 7.70 Å². The van der Waals surface area contributed by atoms with E-state index in [2.05, 4.69) is 204 Å². The second-order valence-corrected chi connectivity index (χ2v) is 18.8. The molecule has 0 amide bonds. The highest BCUT2D eigenvalue weighted by atomic mass is 32.1. The van der Waals surface area contributed by atoms with Crippen molar-refractivity contribution < 1.29 is 0 Å². The molecule has 0 N–H and O–H groups in total. The van der Waals surface area contributed by atoms with Crippen LogP contribution in [0.1, 0.15) is 0 Å². The number of aromatic nitrogens is 3. The molecule has 0 spiro atoms. The molecular formula is C55H35N3PS+. The first kappa shape index (κ1) is 33.8. The van der Waals surface area contributed by atoms with Crippen LogP contribution in [0.15, 0.2) is 182 Å². The first-order valence-corrected chi connectivity index (χ1v) is 23.1. The standard InChI is InChI=1S/C55H35N3PS/c1-59(2)58-50-21-10-8-19-43(50)45-26-25-44-42-18-7-9-20-49(42)57(54(44)55(45)58)53-31-48-47-30-36(23-27-51(47)60-52(48)32-56-53)34-13-11-12-33(28-34)35-22-24-41-39-16-4-3-14-37(39)38-15-5-6-17-40(38)46(41)29-35/h3-32H,1H2,2H3/q+1. The minimum Gasteiger partial charge on any atom is -0.291 e. The predicted molar refractivity (Wildman–Crippen MR) is 263 cm³/mol. The van der Waals surface area contributed by atoms with Gasteiger partial charge < -0.3 is 0 Å². The van der Waals surface area contributed by atoms with Gasteiger partial charge in [0.1, 0.15) is 18.0 Å². The fourth-order valence-corrected chi connectivity index (χ4v) is 12.1. The van der Waals surface area contributed by atoms with Gasteiger partial charge in [0.25, 0.3) is 0 Å². The number of hydrogen-bond acceptors (Lipinski definition) is 2. The quantitative estimate of drug-likeness (QED) is 0.128. The molecule has 4 heterocycles. The summed E-state index contributed by atoms with van der Waals surface area (Å²) in [5.74, 6) is 0.922. The Bertz CT molecular complexity index is 3960. The predicted octanol–water partition coefficient (Wildman–Crippen LogP) is 15.8. The third-order valence-electron chi connectivity index (χ3n) is 12.6. The topological polar surface area (TPSA) is 22.8 Å². The molecule has 0 saturated carbocycles. The lowest BCUT2D eigenvalue weighted by atomic mass is 9.91. The summed E-state index contributed by atoms with van der Waals surface area (Å²) >= 11 is 1.81. The number of rotatable bonds is 4. The Hall–Kier alpha value is -7.10. The van der Waals surface area contributed by atoms with Gasteiger partial charge in [0.2, 0.25) is 7.70 Å². The lowest BCUT2D eigenvalue weighted by molar-refractivity contribution is 1.09. The van der Waals surface area contributed by atoms with E-state index in [0.29, 0.717) is 0 Å². The van der Waals surface area contributed by atoms with Crippen molar-refractivity contribution in [3.05, 3.63) is 182 Å². The Labute approximate surface area is 350 Å². The molecule has 9 aromatic carbocycles. The first-order valence-electron chi connectivity index (χ1n) is 20.4. The number of para-hydroxylation sites is 2.